The van der Waals surface area contributed by atoms with Crippen LogP contribution in [0.2, 0.25) is 0 Å². The number of hydrogen-bond acceptors (Lipinski definition) is 4. The van der Waals surface area contributed by atoms with Gasteiger partial charge in [-0.15, -0.1) is 0 Å². The topological polar surface area (TPSA) is 72.5 Å². The summed E-state index contributed by atoms with van der Waals surface area (Å²) in [5, 5.41) is 2.92. The monoisotopic (exact) mass is 375 g/mol. The molecule has 0 aliphatic heterocycles. The van der Waals surface area contributed by atoms with Crippen LogP contribution in [0.25, 0.3) is 0 Å². The van der Waals surface area contributed by atoms with Crippen LogP contribution in [0, 0.1) is 6.92 Å². The van der Waals surface area contributed by atoms with Crippen molar-refractivity contribution in [2.45, 2.75) is 37.6 Å². The molecule has 6 heteroatoms. The van der Waals surface area contributed by atoms with E-state index >= 15 is 0 Å². The Labute approximate surface area is 155 Å². The van der Waals surface area contributed by atoms with E-state index in [4.69, 9.17) is 4.74 Å². The van der Waals surface area contributed by atoms with Gasteiger partial charge in [0, 0.05) is 12.7 Å². The first-order valence-electron chi connectivity index (χ1n) is 8.54. The van der Waals surface area contributed by atoms with Gasteiger partial charge in [0.15, 0.2) is 9.84 Å². The highest BCUT2D eigenvalue weighted by Gasteiger charge is 2.11. The molecule has 0 aromatic heterocycles. The number of carbonyl (C=O) groups is 1. The Hall–Kier alpha value is -2.34. The number of hydrogen-bond donors (Lipinski definition) is 1. The summed E-state index contributed by atoms with van der Waals surface area (Å²) >= 11 is 0. The summed E-state index contributed by atoms with van der Waals surface area (Å²) in [7, 11) is -3.21. The summed E-state index contributed by atoms with van der Waals surface area (Å²) in [4.78, 5) is 12.3. The van der Waals surface area contributed by atoms with Crippen molar-refractivity contribution in [3.8, 4) is 5.75 Å². The summed E-state index contributed by atoms with van der Waals surface area (Å²) in [6.45, 7) is 4.37. The van der Waals surface area contributed by atoms with Gasteiger partial charge in [-0.1, -0.05) is 29.8 Å². The zero-order valence-corrected chi connectivity index (χ0v) is 16.2. The molecule has 1 amide bonds. The number of nitrogens with one attached hydrogen (secondary N) is 1. The second-order valence-electron chi connectivity index (χ2n) is 6.40. The minimum absolute atomic E-state index is 0.0582. The van der Waals surface area contributed by atoms with E-state index < -0.39 is 9.84 Å². The first kappa shape index (κ1) is 20.0. The van der Waals surface area contributed by atoms with Crippen molar-refractivity contribution in [2.24, 2.45) is 0 Å². The molecule has 0 spiro atoms. The first-order chi connectivity index (χ1) is 12.3. The molecule has 5 nitrogen and oxygen atoms in total. The minimum atomic E-state index is -3.21. The van der Waals surface area contributed by atoms with Gasteiger partial charge in [0.05, 0.1) is 17.5 Å². The van der Waals surface area contributed by atoms with Crippen molar-refractivity contribution < 1.29 is 17.9 Å². The number of carbonyl (C=O) groups excluding carboxylic acids is 1. The highest BCUT2D eigenvalue weighted by molar-refractivity contribution is 7.90. The van der Waals surface area contributed by atoms with Crippen LogP contribution < -0.4 is 10.1 Å². The third kappa shape index (κ3) is 6.19. The molecular weight excluding hydrogens is 350 g/mol. The number of rotatable bonds is 8. The molecule has 2 aromatic rings. The maximum atomic E-state index is 12.0. The highest BCUT2D eigenvalue weighted by Crippen LogP contribution is 2.16. The molecule has 0 radical (unpaired) electrons. The number of benzene rings is 2. The number of amides is 1. The standard InChI is InChI=1S/C20H25NO4S/c1-15-6-10-18(11-7-15)25-14-4-5-20(22)21-16(2)17-8-12-19(13-9-17)26(3,23)24/h6-13,16H,4-5,14H2,1-3H3,(H,21,22). The average molecular weight is 375 g/mol. The Balaban J connectivity index is 1.75. The second kappa shape index (κ2) is 8.85. The zero-order chi connectivity index (χ0) is 19.2. The molecule has 0 bridgehead atoms. The van der Waals surface area contributed by atoms with Crippen LogP contribution in [0.5, 0.6) is 5.75 Å². The highest BCUT2D eigenvalue weighted by atomic mass is 32.2. The predicted molar refractivity (Wildman–Crippen MR) is 102 cm³/mol. The Kier molecular flexibility index (Phi) is 6.80. The third-order valence-corrected chi connectivity index (χ3v) is 5.15. The second-order valence-corrected chi connectivity index (χ2v) is 8.41. The quantitative estimate of drug-likeness (QED) is 0.718. The molecule has 26 heavy (non-hydrogen) atoms. The van der Waals surface area contributed by atoms with Gasteiger partial charge in [-0.25, -0.2) is 8.42 Å². The molecule has 0 aliphatic carbocycles. The Morgan fingerprint density at radius 2 is 1.69 bits per heavy atom. The Bertz CT molecular complexity index is 827. The fourth-order valence-corrected chi connectivity index (χ4v) is 3.09. The zero-order valence-electron chi connectivity index (χ0n) is 15.4. The van der Waals surface area contributed by atoms with Gasteiger partial charge >= 0.3 is 0 Å². The third-order valence-electron chi connectivity index (χ3n) is 4.02. The van der Waals surface area contributed by atoms with Gasteiger partial charge in [-0.2, -0.15) is 0 Å². The molecule has 0 aliphatic rings. The molecule has 1 atom stereocenters. The smallest absolute Gasteiger partial charge is 0.220 e. The number of sulfone groups is 1. The van der Waals surface area contributed by atoms with Crippen LogP contribution in [-0.2, 0) is 14.6 Å². The molecule has 1 N–H and O–H groups in total. The van der Waals surface area contributed by atoms with E-state index in [1.165, 1.54) is 11.8 Å². The van der Waals surface area contributed by atoms with Crippen LogP contribution >= 0.6 is 0 Å². The lowest BCUT2D eigenvalue weighted by molar-refractivity contribution is -0.121. The summed E-state index contributed by atoms with van der Waals surface area (Å²) in [6, 6.07) is 14.2. The van der Waals surface area contributed by atoms with E-state index in [0.29, 0.717) is 19.4 Å². The normalized spacial score (nSPS) is 12.4. The molecule has 2 rings (SSSR count). The maximum Gasteiger partial charge on any atom is 0.220 e. The lowest BCUT2D eigenvalue weighted by Gasteiger charge is -2.15. The maximum absolute atomic E-state index is 12.0. The fourth-order valence-electron chi connectivity index (χ4n) is 2.46. The number of aryl methyl sites for hydroxylation is 1. The van der Waals surface area contributed by atoms with Gasteiger partial charge in [0.2, 0.25) is 5.91 Å². The van der Waals surface area contributed by atoms with Gasteiger partial charge in [0.25, 0.3) is 0 Å². The van der Waals surface area contributed by atoms with Crippen LogP contribution in [-0.4, -0.2) is 27.2 Å². The largest absolute Gasteiger partial charge is 0.494 e. The Morgan fingerprint density at radius 3 is 2.27 bits per heavy atom. The van der Waals surface area contributed by atoms with Crippen molar-refractivity contribution in [3.63, 3.8) is 0 Å². The molecule has 0 heterocycles. The Morgan fingerprint density at radius 1 is 1.08 bits per heavy atom. The van der Waals surface area contributed by atoms with Crippen molar-refractivity contribution in [1.29, 1.82) is 0 Å². The summed E-state index contributed by atoms with van der Waals surface area (Å²) in [6.07, 6.45) is 2.17. The van der Waals surface area contributed by atoms with Crippen LogP contribution in [0.3, 0.4) is 0 Å². The number of ether oxygens (including phenoxy) is 1. The lowest BCUT2D eigenvalue weighted by atomic mass is 10.1. The van der Waals surface area contributed by atoms with Crippen molar-refractivity contribution >= 4 is 15.7 Å². The van der Waals surface area contributed by atoms with Crippen LogP contribution in [0.1, 0.15) is 36.9 Å². The van der Waals surface area contributed by atoms with E-state index in [9.17, 15) is 13.2 Å². The molecule has 0 saturated carbocycles. The lowest BCUT2D eigenvalue weighted by Crippen LogP contribution is -2.26. The summed E-state index contributed by atoms with van der Waals surface area (Å²) in [5.41, 5.74) is 2.04. The van der Waals surface area contributed by atoms with Gasteiger partial charge in [0.1, 0.15) is 5.75 Å². The molecule has 2 aromatic carbocycles. The van der Waals surface area contributed by atoms with E-state index in [2.05, 4.69) is 5.32 Å². The van der Waals surface area contributed by atoms with Gasteiger partial charge in [-0.05, 0) is 50.1 Å². The molecule has 0 fully saturated rings. The van der Waals surface area contributed by atoms with Crippen molar-refractivity contribution in [1.82, 2.24) is 5.32 Å². The molecule has 0 saturated heterocycles. The van der Waals surface area contributed by atoms with Gasteiger partial charge < -0.3 is 10.1 Å². The van der Waals surface area contributed by atoms with Gasteiger partial charge in [-0.3, -0.25) is 4.79 Å². The fraction of sp³-hybridized carbons (Fsp3) is 0.350. The van der Waals surface area contributed by atoms with Crippen molar-refractivity contribution in [3.05, 3.63) is 59.7 Å². The minimum Gasteiger partial charge on any atom is -0.494 e. The average Bonchev–Trinajstić information content (AvgIpc) is 2.59. The predicted octanol–water partition coefficient (Wildman–Crippen LogP) is 3.43. The SMILES string of the molecule is Cc1ccc(OCCCC(=O)NC(C)c2ccc(S(C)(=O)=O)cc2)cc1. The van der Waals surface area contributed by atoms with E-state index in [0.717, 1.165) is 11.3 Å². The van der Waals surface area contributed by atoms with E-state index in [1.54, 1.807) is 24.3 Å². The van der Waals surface area contributed by atoms with Crippen molar-refractivity contribution in [2.75, 3.05) is 12.9 Å². The van der Waals surface area contributed by atoms with Crippen LogP contribution in [0.4, 0.5) is 0 Å². The summed E-state index contributed by atoms with van der Waals surface area (Å²) < 4.78 is 28.6. The van der Waals surface area contributed by atoms with E-state index in [-0.39, 0.29) is 16.8 Å². The molecular formula is C20H25NO4S. The van der Waals surface area contributed by atoms with E-state index in [1.807, 2.05) is 38.1 Å². The first-order valence-corrected chi connectivity index (χ1v) is 10.4. The summed E-state index contributed by atoms with van der Waals surface area (Å²) in [5.74, 6) is 0.743. The molecule has 1 unspecified atom stereocenters. The molecule has 140 valence electrons. The van der Waals surface area contributed by atoms with Crippen LogP contribution in [0.15, 0.2) is 53.4 Å².